The summed E-state index contributed by atoms with van der Waals surface area (Å²) < 4.78 is 5.60. The first kappa shape index (κ1) is 9.27. The lowest BCUT2D eigenvalue weighted by atomic mass is 10.0. The SMILES string of the molecule is Nc1cnc2c(c1)N1C(=O)C3(CC3)C[C@H]1CO2. The molecule has 5 nitrogen and oxygen atoms in total. The maximum absolute atomic E-state index is 12.4. The molecule has 1 spiro atoms. The van der Waals surface area contributed by atoms with Gasteiger partial charge in [0.15, 0.2) is 0 Å². The van der Waals surface area contributed by atoms with E-state index in [2.05, 4.69) is 4.98 Å². The van der Waals surface area contributed by atoms with E-state index in [1.165, 1.54) is 0 Å². The zero-order valence-electron chi connectivity index (χ0n) is 9.35. The van der Waals surface area contributed by atoms with Crippen LogP contribution in [0.2, 0.25) is 0 Å². The monoisotopic (exact) mass is 231 g/mol. The first-order chi connectivity index (χ1) is 8.20. The third-order valence-corrected chi connectivity index (χ3v) is 4.04. The van der Waals surface area contributed by atoms with Crippen molar-refractivity contribution in [2.24, 2.45) is 5.41 Å². The Bertz CT molecular complexity index is 524. The molecular weight excluding hydrogens is 218 g/mol. The van der Waals surface area contributed by atoms with E-state index < -0.39 is 0 Å². The number of nitrogens with zero attached hydrogens (tertiary/aromatic N) is 2. The van der Waals surface area contributed by atoms with Gasteiger partial charge in [-0.1, -0.05) is 0 Å². The molecule has 1 aromatic heterocycles. The van der Waals surface area contributed by atoms with Gasteiger partial charge in [-0.3, -0.25) is 4.79 Å². The predicted molar refractivity (Wildman–Crippen MR) is 61.7 cm³/mol. The van der Waals surface area contributed by atoms with Crippen molar-refractivity contribution in [3.63, 3.8) is 0 Å². The Hall–Kier alpha value is -1.78. The Balaban J connectivity index is 1.84. The number of fused-ring (bicyclic) bond motifs is 3. The lowest BCUT2D eigenvalue weighted by Gasteiger charge is -2.30. The molecule has 1 amide bonds. The van der Waals surface area contributed by atoms with Crippen molar-refractivity contribution in [1.82, 2.24) is 4.98 Å². The van der Waals surface area contributed by atoms with Crippen molar-refractivity contribution in [2.45, 2.75) is 25.3 Å². The van der Waals surface area contributed by atoms with Gasteiger partial charge in [0.05, 0.1) is 23.3 Å². The zero-order chi connectivity index (χ0) is 11.6. The van der Waals surface area contributed by atoms with Gasteiger partial charge in [0.2, 0.25) is 11.8 Å². The third-order valence-electron chi connectivity index (χ3n) is 4.04. The van der Waals surface area contributed by atoms with Crippen LogP contribution in [0.4, 0.5) is 11.4 Å². The summed E-state index contributed by atoms with van der Waals surface area (Å²) in [4.78, 5) is 18.4. The van der Waals surface area contributed by atoms with Crippen LogP contribution in [0.15, 0.2) is 12.3 Å². The van der Waals surface area contributed by atoms with Gasteiger partial charge in [-0.05, 0) is 25.3 Å². The van der Waals surface area contributed by atoms with Crippen LogP contribution in [0, 0.1) is 5.41 Å². The Morgan fingerprint density at radius 2 is 2.35 bits per heavy atom. The molecule has 17 heavy (non-hydrogen) atoms. The van der Waals surface area contributed by atoms with Crippen LogP contribution >= 0.6 is 0 Å². The molecule has 1 atom stereocenters. The van der Waals surface area contributed by atoms with E-state index in [4.69, 9.17) is 10.5 Å². The molecule has 3 heterocycles. The lowest BCUT2D eigenvalue weighted by molar-refractivity contribution is -0.121. The van der Waals surface area contributed by atoms with Crippen molar-refractivity contribution < 1.29 is 9.53 Å². The Morgan fingerprint density at radius 3 is 3.12 bits per heavy atom. The minimum absolute atomic E-state index is 0.0831. The first-order valence-electron chi connectivity index (χ1n) is 5.92. The van der Waals surface area contributed by atoms with Gasteiger partial charge in [0.25, 0.3) is 0 Å². The second kappa shape index (κ2) is 2.72. The van der Waals surface area contributed by atoms with Gasteiger partial charge in [0.1, 0.15) is 12.3 Å². The second-order valence-corrected chi connectivity index (χ2v) is 5.22. The standard InChI is InChI=1S/C12H13N3O2/c13-7-3-9-10(14-5-7)17-6-8-4-12(1-2-12)11(16)15(8)9/h3,5,8H,1-2,4,6,13H2/t8-/m0/s1. The molecular formula is C12H13N3O2. The van der Waals surface area contributed by atoms with Crippen molar-refractivity contribution >= 4 is 17.3 Å². The molecule has 3 aliphatic rings. The number of nitrogens with two attached hydrogens (primary N) is 1. The number of anilines is 2. The van der Waals surface area contributed by atoms with Gasteiger partial charge >= 0.3 is 0 Å². The van der Waals surface area contributed by atoms with Crippen LogP contribution in [-0.4, -0.2) is 23.5 Å². The number of ether oxygens (including phenoxy) is 1. The summed E-state index contributed by atoms with van der Waals surface area (Å²) in [5.41, 5.74) is 6.97. The van der Waals surface area contributed by atoms with E-state index >= 15 is 0 Å². The molecule has 2 fully saturated rings. The molecule has 1 saturated heterocycles. The summed E-state index contributed by atoms with van der Waals surface area (Å²) in [7, 11) is 0. The van der Waals surface area contributed by atoms with Crippen molar-refractivity contribution in [1.29, 1.82) is 0 Å². The number of aromatic nitrogens is 1. The highest BCUT2D eigenvalue weighted by Gasteiger charge is 2.60. The maximum atomic E-state index is 12.4. The molecule has 4 rings (SSSR count). The minimum Gasteiger partial charge on any atom is -0.474 e. The molecule has 5 heteroatoms. The largest absolute Gasteiger partial charge is 0.474 e. The Kier molecular flexibility index (Phi) is 1.48. The molecule has 0 aromatic carbocycles. The lowest BCUT2D eigenvalue weighted by Crippen LogP contribution is -2.41. The fourth-order valence-electron chi connectivity index (χ4n) is 2.97. The van der Waals surface area contributed by atoms with Crippen LogP contribution in [0.5, 0.6) is 5.88 Å². The number of rotatable bonds is 0. The van der Waals surface area contributed by atoms with Gasteiger partial charge < -0.3 is 15.4 Å². The van der Waals surface area contributed by atoms with Crippen LogP contribution in [0.1, 0.15) is 19.3 Å². The minimum atomic E-state index is -0.0831. The summed E-state index contributed by atoms with van der Waals surface area (Å²) in [6, 6.07) is 1.95. The molecule has 1 saturated carbocycles. The summed E-state index contributed by atoms with van der Waals surface area (Å²) >= 11 is 0. The van der Waals surface area contributed by atoms with E-state index in [-0.39, 0.29) is 17.4 Å². The van der Waals surface area contributed by atoms with Crippen LogP contribution in [0.3, 0.4) is 0 Å². The summed E-state index contributed by atoms with van der Waals surface area (Å²) in [5.74, 6) is 0.765. The molecule has 88 valence electrons. The van der Waals surface area contributed by atoms with Gasteiger partial charge in [0, 0.05) is 0 Å². The van der Waals surface area contributed by atoms with Crippen LogP contribution in [0.25, 0.3) is 0 Å². The number of pyridine rings is 1. The molecule has 2 aliphatic heterocycles. The molecule has 0 unspecified atom stereocenters. The highest BCUT2D eigenvalue weighted by molar-refractivity contribution is 6.03. The second-order valence-electron chi connectivity index (χ2n) is 5.22. The molecule has 0 radical (unpaired) electrons. The Labute approximate surface area is 98.6 Å². The summed E-state index contributed by atoms with van der Waals surface area (Å²) in [5, 5.41) is 0. The zero-order valence-corrected chi connectivity index (χ0v) is 9.35. The van der Waals surface area contributed by atoms with Gasteiger partial charge in [-0.2, -0.15) is 0 Å². The molecule has 1 aliphatic carbocycles. The fourth-order valence-corrected chi connectivity index (χ4v) is 2.97. The van der Waals surface area contributed by atoms with E-state index in [0.29, 0.717) is 18.2 Å². The van der Waals surface area contributed by atoms with E-state index in [9.17, 15) is 4.79 Å². The van der Waals surface area contributed by atoms with Crippen molar-refractivity contribution in [3.8, 4) is 5.88 Å². The normalized spacial score (nSPS) is 27.6. The van der Waals surface area contributed by atoms with Crippen molar-refractivity contribution in [3.05, 3.63) is 12.3 Å². The van der Waals surface area contributed by atoms with E-state index in [1.807, 2.05) is 4.90 Å². The maximum Gasteiger partial charge on any atom is 0.238 e. The molecule has 2 N–H and O–H groups in total. The topological polar surface area (TPSA) is 68.5 Å². The first-order valence-corrected chi connectivity index (χ1v) is 5.92. The van der Waals surface area contributed by atoms with Crippen LogP contribution in [-0.2, 0) is 4.79 Å². The van der Waals surface area contributed by atoms with E-state index in [0.717, 1.165) is 24.9 Å². The predicted octanol–water partition coefficient (Wildman–Crippen LogP) is 0.942. The highest BCUT2D eigenvalue weighted by atomic mass is 16.5. The summed E-state index contributed by atoms with van der Waals surface area (Å²) in [6.45, 7) is 0.553. The average molecular weight is 231 g/mol. The number of nitrogen functional groups attached to an aromatic ring is 1. The number of hydrogen-bond donors (Lipinski definition) is 1. The fraction of sp³-hybridized carbons (Fsp3) is 0.500. The number of carbonyl (C=O) groups is 1. The van der Waals surface area contributed by atoms with Gasteiger partial charge in [-0.25, -0.2) is 4.98 Å². The highest BCUT2D eigenvalue weighted by Crippen LogP contribution is 2.58. The Morgan fingerprint density at radius 1 is 1.53 bits per heavy atom. The number of amides is 1. The molecule has 0 bridgehead atoms. The number of carbonyl (C=O) groups excluding carboxylic acids is 1. The quantitative estimate of drug-likeness (QED) is 0.721. The van der Waals surface area contributed by atoms with Crippen LogP contribution < -0.4 is 15.4 Å². The third kappa shape index (κ3) is 1.09. The average Bonchev–Trinajstić information content (AvgIpc) is 3.02. The van der Waals surface area contributed by atoms with E-state index in [1.54, 1.807) is 12.3 Å². The van der Waals surface area contributed by atoms with Gasteiger partial charge in [-0.15, -0.1) is 0 Å². The number of hydrogen-bond acceptors (Lipinski definition) is 4. The smallest absolute Gasteiger partial charge is 0.238 e. The van der Waals surface area contributed by atoms with Crippen molar-refractivity contribution in [2.75, 3.05) is 17.2 Å². The molecule has 1 aromatic rings. The summed E-state index contributed by atoms with van der Waals surface area (Å²) in [6.07, 6.45) is 4.51.